The monoisotopic (exact) mass is 228 g/mol. The second-order valence-corrected chi connectivity index (χ2v) is 4.49. The largest absolute Gasteiger partial charge is 0.329 e. The lowest BCUT2D eigenvalue weighted by Crippen LogP contribution is -2.19. The van der Waals surface area contributed by atoms with Crippen molar-refractivity contribution in [1.82, 2.24) is 19.9 Å². The highest BCUT2D eigenvalue weighted by atomic mass is 15.1. The minimum Gasteiger partial charge on any atom is -0.329 e. The van der Waals surface area contributed by atoms with E-state index in [1.165, 1.54) is 18.4 Å². The lowest BCUT2D eigenvalue weighted by molar-refractivity contribution is 0.618. The Bertz CT molecular complexity index is 473. The van der Waals surface area contributed by atoms with E-state index in [2.05, 4.69) is 25.9 Å². The molecule has 0 aliphatic heterocycles. The third-order valence-electron chi connectivity index (χ3n) is 3.00. The maximum atomic E-state index is 4.39. The Kier molecular flexibility index (Phi) is 2.88. The fraction of sp³-hybridized carbons (Fsp3) is 0.385. The molecule has 4 nitrogen and oxygen atoms in total. The standard InChI is InChI=1S/C13H16N4/c1-2-11(8-14-5-1)10-17-7-6-15-13(17)9-16-12-3-4-12/h1-2,5-8,12,16H,3-4,9-10H2. The van der Waals surface area contributed by atoms with Crippen molar-refractivity contribution in [2.45, 2.75) is 32.0 Å². The molecule has 4 heteroatoms. The van der Waals surface area contributed by atoms with Gasteiger partial charge in [-0.2, -0.15) is 0 Å². The van der Waals surface area contributed by atoms with Crippen molar-refractivity contribution >= 4 is 0 Å². The molecule has 0 saturated heterocycles. The summed E-state index contributed by atoms with van der Waals surface area (Å²) in [6.45, 7) is 1.70. The maximum Gasteiger partial charge on any atom is 0.122 e. The lowest BCUT2D eigenvalue weighted by Gasteiger charge is -2.08. The summed E-state index contributed by atoms with van der Waals surface area (Å²) in [7, 11) is 0. The molecular formula is C13H16N4. The van der Waals surface area contributed by atoms with E-state index in [1.54, 1.807) is 6.20 Å². The highest BCUT2D eigenvalue weighted by Crippen LogP contribution is 2.19. The topological polar surface area (TPSA) is 42.7 Å². The minimum absolute atomic E-state index is 0.721. The van der Waals surface area contributed by atoms with Crippen molar-refractivity contribution < 1.29 is 0 Å². The average Bonchev–Trinajstić information content (AvgIpc) is 3.09. The van der Waals surface area contributed by atoms with Crippen LogP contribution in [0.4, 0.5) is 0 Å². The molecule has 1 fully saturated rings. The predicted octanol–water partition coefficient (Wildman–Crippen LogP) is 1.58. The molecule has 1 saturated carbocycles. The van der Waals surface area contributed by atoms with Crippen LogP contribution in [0, 0.1) is 0 Å². The number of nitrogens with zero attached hydrogens (tertiary/aromatic N) is 3. The van der Waals surface area contributed by atoms with E-state index in [-0.39, 0.29) is 0 Å². The first kappa shape index (κ1) is 10.5. The molecule has 1 aliphatic carbocycles. The molecular weight excluding hydrogens is 212 g/mol. The van der Waals surface area contributed by atoms with Crippen LogP contribution in [0.2, 0.25) is 0 Å². The first-order valence-corrected chi connectivity index (χ1v) is 6.04. The Morgan fingerprint density at radius 2 is 2.29 bits per heavy atom. The molecule has 17 heavy (non-hydrogen) atoms. The molecule has 0 aromatic carbocycles. The molecule has 2 aromatic rings. The van der Waals surface area contributed by atoms with Crippen LogP contribution in [0.1, 0.15) is 24.2 Å². The van der Waals surface area contributed by atoms with Gasteiger partial charge in [0.1, 0.15) is 5.82 Å². The van der Waals surface area contributed by atoms with Crippen molar-refractivity contribution in [3.8, 4) is 0 Å². The second kappa shape index (κ2) is 4.67. The highest BCUT2D eigenvalue weighted by Gasteiger charge is 2.20. The summed E-state index contributed by atoms with van der Waals surface area (Å²) >= 11 is 0. The molecule has 0 atom stereocenters. The van der Waals surface area contributed by atoms with E-state index in [0.717, 1.165) is 25.0 Å². The number of imidazole rings is 1. The number of nitrogens with one attached hydrogen (secondary N) is 1. The molecule has 88 valence electrons. The van der Waals surface area contributed by atoms with Gasteiger partial charge in [0, 0.05) is 30.8 Å². The van der Waals surface area contributed by atoms with Gasteiger partial charge >= 0.3 is 0 Å². The van der Waals surface area contributed by atoms with Gasteiger partial charge in [0.25, 0.3) is 0 Å². The molecule has 1 aliphatic rings. The van der Waals surface area contributed by atoms with Crippen LogP contribution < -0.4 is 5.32 Å². The van der Waals surface area contributed by atoms with Gasteiger partial charge < -0.3 is 9.88 Å². The molecule has 0 amide bonds. The first-order chi connectivity index (χ1) is 8.42. The fourth-order valence-corrected chi connectivity index (χ4v) is 1.86. The van der Waals surface area contributed by atoms with Crippen LogP contribution in [0.5, 0.6) is 0 Å². The van der Waals surface area contributed by atoms with Gasteiger partial charge in [0.05, 0.1) is 13.1 Å². The molecule has 1 N–H and O–H groups in total. The minimum atomic E-state index is 0.721. The summed E-state index contributed by atoms with van der Waals surface area (Å²) < 4.78 is 2.17. The summed E-state index contributed by atoms with van der Waals surface area (Å²) in [6.07, 6.45) is 10.2. The van der Waals surface area contributed by atoms with Gasteiger partial charge in [0.15, 0.2) is 0 Å². The maximum absolute atomic E-state index is 4.39. The van der Waals surface area contributed by atoms with Gasteiger partial charge in [-0.3, -0.25) is 4.98 Å². The van der Waals surface area contributed by atoms with Crippen LogP contribution in [-0.2, 0) is 13.1 Å². The van der Waals surface area contributed by atoms with Crippen LogP contribution >= 0.6 is 0 Å². The van der Waals surface area contributed by atoms with Crippen molar-refractivity contribution in [2.24, 2.45) is 0 Å². The Morgan fingerprint density at radius 1 is 1.35 bits per heavy atom. The van der Waals surface area contributed by atoms with Gasteiger partial charge in [-0.15, -0.1) is 0 Å². The second-order valence-electron chi connectivity index (χ2n) is 4.49. The number of hydrogen-bond acceptors (Lipinski definition) is 3. The molecule has 0 bridgehead atoms. The Labute approximate surface area is 101 Å². The lowest BCUT2D eigenvalue weighted by atomic mass is 10.3. The van der Waals surface area contributed by atoms with Crippen molar-refractivity contribution in [1.29, 1.82) is 0 Å². The third kappa shape index (κ3) is 2.71. The normalized spacial score (nSPS) is 15.1. The van der Waals surface area contributed by atoms with E-state index in [1.807, 2.05) is 24.7 Å². The summed E-state index contributed by atoms with van der Waals surface area (Å²) in [5.41, 5.74) is 1.21. The van der Waals surface area contributed by atoms with E-state index in [4.69, 9.17) is 0 Å². The van der Waals surface area contributed by atoms with Gasteiger partial charge in [-0.1, -0.05) is 6.07 Å². The van der Waals surface area contributed by atoms with Gasteiger partial charge in [-0.05, 0) is 24.5 Å². The van der Waals surface area contributed by atoms with Crippen molar-refractivity contribution in [3.63, 3.8) is 0 Å². The fourth-order valence-electron chi connectivity index (χ4n) is 1.86. The summed E-state index contributed by atoms with van der Waals surface area (Å²) in [5, 5.41) is 3.49. The predicted molar refractivity (Wildman–Crippen MR) is 65.4 cm³/mol. The van der Waals surface area contributed by atoms with Gasteiger partial charge in [0.2, 0.25) is 0 Å². The SMILES string of the molecule is c1cncc(Cn2ccnc2CNC2CC2)c1. The molecule has 0 spiro atoms. The Hall–Kier alpha value is -1.68. The van der Waals surface area contributed by atoms with Crippen LogP contribution in [0.15, 0.2) is 36.9 Å². The van der Waals surface area contributed by atoms with E-state index in [9.17, 15) is 0 Å². The highest BCUT2D eigenvalue weighted by molar-refractivity contribution is 5.10. The van der Waals surface area contributed by atoms with E-state index in [0.29, 0.717) is 0 Å². The molecule has 2 aromatic heterocycles. The molecule has 0 unspecified atom stereocenters. The van der Waals surface area contributed by atoms with E-state index >= 15 is 0 Å². The summed E-state index contributed by atoms with van der Waals surface area (Å²) in [5.74, 6) is 1.10. The quantitative estimate of drug-likeness (QED) is 0.845. The zero-order valence-corrected chi connectivity index (χ0v) is 9.71. The number of rotatable bonds is 5. The smallest absolute Gasteiger partial charge is 0.122 e. The summed E-state index contributed by atoms with van der Waals surface area (Å²) in [4.78, 5) is 8.52. The van der Waals surface area contributed by atoms with Crippen molar-refractivity contribution in [2.75, 3.05) is 0 Å². The van der Waals surface area contributed by atoms with Crippen molar-refractivity contribution in [3.05, 3.63) is 48.3 Å². The average molecular weight is 228 g/mol. The molecule has 2 heterocycles. The third-order valence-corrected chi connectivity index (χ3v) is 3.00. The molecule has 3 rings (SSSR count). The number of hydrogen-bond donors (Lipinski definition) is 1. The Morgan fingerprint density at radius 3 is 3.06 bits per heavy atom. The van der Waals surface area contributed by atoms with Crippen LogP contribution in [0.3, 0.4) is 0 Å². The van der Waals surface area contributed by atoms with Crippen LogP contribution in [0.25, 0.3) is 0 Å². The Balaban J connectivity index is 1.67. The number of pyridine rings is 1. The van der Waals surface area contributed by atoms with Crippen LogP contribution in [-0.4, -0.2) is 20.6 Å². The summed E-state index contributed by atoms with van der Waals surface area (Å²) in [6, 6.07) is 4.78. The zero-order chi connectivity index (χ0) is 11.5. The first-order valence-electron chi connectivity index (χ1n) is 6.04. The number of aromatic nitrogens is 3. The molecule has 0 radical (unpaired) electrons. The van der Waals surface area contributed by atoms with E-state index < -0.39 is 0 Å². The zero-order valence-electron chi connectivity index (χ0n) is 9.71. The van der Waals surface area contributed by atoms with Gasteiger partial charge in [-0.25, -0.2) is 4.98 Å².